The van der Waals surface area contributed by atoms with Crippen molar-refractivity contribution in [3.8, 4) is 0 Å². The maximum atomic E-state index is 2.33. The van der Waals surface area contributed by atoms with Gasteiger partial charge in [0.25, 0.3) is 0 Å². The smallest absolute Gasteiger partial charge is 0.124 e. The van der Waals surface area contributed by atoms with Gasteiger partial charge in [0.15, 0.2) is 0 Å². The SMILES string of the molecule is CC(C)Sc1ccccc1B(c1ccccc1)C(C)(C)C. The highest BCUT2D eigenvalue weighted by molar-refractivity contribution is 8.00. The third kappa shape index (κ3) is 4.17. The summed E-state index contributed by atoms with van der Waals surface area (Å²) in [4.78, 5) is 1.41. The molecule has 2 rings (SSSR count). The van der Waals surface area contributed by atoms with E-state index in [2.05, 4.69) is 89.2 Å². The molecule has 0 aromatic heterocycles. The zero-order valence-electron chi connectivity index (χ0n) is 13.8. The second-order valence-electron chi connectivity index (χ2n) is 6.91. The first-order valence-corrected chi connectivity index (χ1v) is 8.58. The van der Waals surface area contributed by atoms with Gasteiger partial charge in [-0.05, 0) is 6.07 Å². The van der Waals surface area contributed by atoms with Crippen molar-refractivity contribution in [3.63, 3.8) is 0 Å². The van der Waals surface area contributed by atoms with Crippen LogP contribution in [0.25, 0.3) is 0 Å². The highest BCUT2D eigenvalue weighted by atomic mass is 32.2. The molecule has 0 atom stereocenters. The quantitative estimate of drug-likeness (QED) is 0.587. The van der Waals surface area contributed by atoms with Crippen LogP contribution >= 0.6 is 11.8 Å². The van der Waals surface area contributed by atoms with Gasteiger partial charge in [0.1, 0.15) is 0 Å². The summed E-state index contributed by atoms with van der Waals surface area (Å²) in [6, 6.07) is 19.8. The van der Waals surface area contributed by atoms with Crippen molar-refractivity contribution < 1.29 is 0 Å². The molecule has 21 heavy (non-hydrogen) atoms. The molecule has 0 nitrogen and oxygen atoms in total. The fourth-order valence-electron chi connectivity index (χ4n) is 2.87. The average molecular weight is 296 g/mol. The molecule has 0 saturated heterocycles. The van der Waals surface area contributed by atoms with E-state index in [1.165, 1.54) is 15.8 Å². The first-order chi connectivity index (χ1) is 9.89. The van der Waals surface area contributed by atoms with Crippen LogP contribution in [0.2, 0.25) is 5.31 Å². The summed E-state index contributed by atoms with van der Waals surface area (Å²) < 4.78 is 0. The van der Waals surface area contributed by atoms with Crippen molar-refractivity contribution in [2.45, 2.75) is 50.1 Å². The molecule has 0 aliphatic carbocycles. The van der Waals surface area contributed by atoms with Gasteiger partial charge >= 0.3 is 0 Å². The van der Waals surface area contributed by atoms with E-state index < -0.39 is 0 Å². The Morgan fingerprint density at radius 2 is 1.43 bits per heavy atom. The van der Waals surface area contributed by atoms with Crippen LogP contribution < -0.4 is 10.9 Å². The van der Waals surface area contributed by atoms with E-state index in [4.69, 9.17) is 0 Å². The molecule has 0 fully saturated rings. The van der Waals surface area contributed by atoms with E-state index in [1.54, 1.807) is 0 Å². The predicted octanol–water partition coefficient (Wildman–Crippen LogP) is 4.60. The summed E-state index contributed by atoms with van der Waals surface area (Å²) in [5, 5.41) is 0.789. The van der Waals surface area contributed by atoms with Gasteiger partial charge in [-0.15, -0.1) is 11.8 Å². The maximum absolute atomic E-state index is 2.33. The predicted molar refractivity (Wildman–Crippen MR) is 98.6 cm³/mol. The highest BCUT2D eigenvalue weighted by Gasteiger charge is 2.33. The Morgan fingerprint density at radius 1 is 0.857 bits per heavy atom. The van der Waals surface area contributed by atoms with Crippen molar-refractivity contribution in [1.29, 1.82) is 0 Å². The van der Waals surface area contributed by atoms with Crippen LogP contribution in [0, 0.1) is 0 Å². The second kappa shape index (κ2) is 6.74. The van der Waals surface area contributed by atoms with Crippen molar-refractivity contribution in [3.05, 3.63) is 54.6 Å². The monoisotopic (exact) mass is 296 g/mol. The molecule has 0 unspecified atom stereocenters. The molecule has 0 bridgehead atoms. The lowest BCUT2D eigenvalue weighted by atomic mass is 9.28. The molecule has 0 aliphatic heterocycles. The zero-order chi connectivity index (χ0) is 15.5. The van der Waals surface area contributed by atoms with Crippen LogP contribution in [0.15, 0.2) is 59.5 Å². The molecular formula is C19H25BS. The summed E-state index contributed by atoms with van der Waals surface area (Å²) in [6.07, 6.45) is 0. The summed E-state index contributed by atoms with van der Waals surface area (Å²) in [6.45, 7) is 11.9. The molecule has 0 saturated carbocycles. The van der Waals surface area contributed by atoms with Gasteiger partial charge in [-0.3, -0.25) is 0 Å². The van der Waals surface area contributed by atoms with Crippen molar-refractivity contribution in [2.75, 3.05) is 0 Å². The van der Waals surface area contributed by atoms with Gasteiger partial charge in [-0.1, -0.05) is 99.4 Å². The van der Waals surface area contributed by atoms with E-state index in [1.807, 2.05) is 11.8 Å². The Bertz CT molecular complexity index is 570. The molecule has 0 heterocycles. The summed E-state index contributed by atoms with van der Waals surface area (Å²) in [5.41, 5.74) is 2.86. The average Bonchev–Trinajstić information content (AvgIpc) is 2.40. The second-order valence-corrected chi connectivity index (χ2v) is 8.53. The van der Waals surface area contributed by atoms with Gasteiger partial charge in [0, 0.05) is 10.1 Å². The van der Waals surface area contributed by atoms with Gasteiger partial charge < -0.3 is 0 Å². The van der Waals surface area contributed by atoms with Crippen molar-refractivity contribution in [1.82, 2.24) is 0 Å². The number of thioether (sulfide) groups is 1. The zero-order valence-corrected chi connectivity index (χ0v) is 14.6. The Morgan fingerprint density at radius 3 is 2.00 bits per heavy atom. The van der Waals surface area contributed by atoms with Gasteiger partial charge in [-0.2, -0.15) is 0 Å². The minimum atomic E-state index is 0.189. The molecule has 0 aliphatic rings. The van der Waals surface area contributed by atoms with Crippen LogP contribution in [-0.2, 0) is 0 Å². The fraction of sp³-hybridized carbons (Fsp3) is 0.368. The van der Waals surface area contributed by atoms with Crippen molar-refractivity contribution >= 4 is 29.4 Å². The lowest BCUT2D eigenvalue weighted by molar-refractivity contribution is 0.749. The van der Waals surface area contributed by atoms with Crippen LogP contribution in [0.4, 0.5) is 0 Å². The van der Waals surface area contributed by atoms with Crippen LogP contribution in [-0.4, -0.2) is 12.0 Å². The minimum Gasteiger partial charge on any atom is -0.124 e. The van der Waals surface area contributed by atoms with Crippen LogP contribution in [0.5, 0.6) is 0 Å². The van der Waals surface area contributed by atoms with E-state index in [0.717, 1.165) is 0 Å². The fourth-order valence-corrected chi connectivity index (χ4v) is 3.86. The molecule has 110 valence electrons. The van der Waals surface area contributed by atoms with Crippen LogP contribution in [0.1, 0.15) is 34.6 Å². The molecule has 2 aromatic carbocycles. The summed E-state index contributed by atoms with van der Waals surface area (Å²) >= 11 is 1.96. The summed E-state index contributed by atoms with van der Waals surface area (Å²) in [7, 11) is 0. The summed E-state index contributed by atoms with van der Waals surface area (Å²) in [5.74, 6) is 0. The number of hydrogen-bond donors (Lipinski definition) is 0. The lowest BCUT2D eigenvalue weighted by Gasteiger charge is -2.30. The third-order valence-electron chi connectivity index (χ3n) is 3.59. The molecule has 0 amide bonds. The van der Waals surface area contributed by atoms with Gasteiger partial charge in [-0.25, -0.2) is 0 Å². The van der Waals surface area contributed by atoms with Crippen molar-refractivity contribution in [2.24, 2.45) is 0 Å². The standard InChI is InChI=1S/C19H25BS/c1-15(2)21-18-14-10-9-13-17(18)20(19(3,4)5)16-11-7-6-8-12-16/h6-15H,1-5H3. The van der Waals surface area contributed by atoms with Gasteiger partial charge in [0.2, 0.25) is 6.71 Å². The van der Waals surface area contributed by atoms with Gasteiger partial charge in [0.05, 0.1) is 0 Å². The minimum absolute atomic E-state index is 0.189. The maximum Gasteiger partial charge on any atom is 0.216 e. The molecule has 0 N–H and O–H groups in total. The lowest BCUT2D eigenvalue weighted by Crippen LogP contribution is -2.49. The van der Waals surface area contributed by atoms with E-state index >= 15 is 0 Å². The number of hydrogen-bond acceptors (Lipinski definition) is 1. The first kappa shape index (κ1) is 16.2. The first-order valence-electron chi connectivity index (χ1n) is 7.70. The third-order valence-corrected chi connectivity index (χ3v) is 4.69. The Kier molecular flexibility index (Phi) is 5.21. The van der Waals surface area contributed by atoms with E-state index in [-0.39, 0.29) is 5.31 Å². The highest BCUT2D eigenvalue weighted by Crippen LogP contribution is 2.30. The van der Waals surface area contributed by atoms with E-state index in [9.17, 15) is 0 Å². The molecular weight excluding hydrogens is 271 g/mol. The molecule has 0 spiro atoms. The topological polar surface area (TPSA) is 0 Å². The Hall–Kier alpha value is -1.15. The number of benzene rings is 2. The Labute approximate surface area is 134 Å². The molecule has 0 radical (unpaired) electrons. The van der Waals surface area contributed by atoms with Crippen LogP contribution in [0.3, 0.4) is 0 Å². The van der Waals surface area contributed by atoms with E-state index in [0.29, 0.717) is 12.0 Å². The number of rotatable bonds is 4. The largest absolute Gasteiger partial charge is 0.216 e. The molecule has 2 aromatic rings. The Balaban J connectivity index is 2.53. The molecule has 2 heteroatoms. The normalized spacial score (nSPS) is 11.7.